The summed E-state index contributed by atoms with van der Waals surface area (Å²) >= 11 is 0. The first-order valence-electron chi connectivity index (χ1n) is 7.19. The smallest absolute Gasteiger partial charge is 0.238 e. The molecule has 1 saturated carbocycles. The van der Waals surface area contributed by atoms with Gasteiger partial charge in [-0.3, -0.25) is 9.69 Å². The molecule has 1 aliphatic carbocycles. The van der Waals surface area contributed by atoms with Gasteiger partial charge >= 0.3 is 0 Å². The lowest BCUT2D eigenvalue weighted by Gasteiger charge is -2.19. The molecule has 0 bridgehead atoms. The van der Waals surface area contributed by atoms with Gasteiger partial charge in [0.05, 0.1) is 6.54 Å². The summed E-state index contributed by atoms with van der Waals surface area (Å²) in [5, 5.41) is 5.86. The average Bonchev–Trinajstić information content (AvgIpc) is 3.26. The highest BCUT2D eigenvalue weighted by molar-refractivity contribution is 5.92. The minimum Gasteiger partial charge on any atom is -0.325 e. The number of hydrogen-bond acceptors (Lipinski definition) is 3. The van der Waals surface area contributed by atoms with Gasteiger partial charge in [-0.2, -0.15) is 0 Å². The van der Waals surface area contributed by atoms with Gasteiger partial charge in [-0.25, -0.2) is 4.39 Å². The van der Waals surface area contributed by atoms with Gasteiger partial charge < -0.3 is 10.6 Å². The fraction of sp³-hybridized carbons (Fsp3) is 0.533. The van der Waals surface area contributed by atoms with Crippen LogP contribution in [0.2, 0.25) is 0 Å². The Hall–Kier alpha value is -1.46. The molecule has 2 N–H and O–H groups in total. The van der Waals surface area contributed by atoms with Crippen molar-refractivity contribution in [1.29, 1.82) is 0 Å². The minimum absolute atomic E-state index is 0.105. The van der Waals surface area contributed by atoms with E-state index in [0.29, 0.717) is 5.69 Å². The van der Waals surface area contributed by atoms with Crippen LogP contribution in [0.5, 0.6) is 0 Å². The van der Waals surface area contributed by atoms with Gasteiger partial charge in [-0.05, 0) is 43.7 Å². The van der Waals surface area contributed by atoms with E-state index in [0.717, 1.165) is 25.7 Å². The highest BCUT2D eigenvalue weighted by atomic mass is 19.1. The molecular formula is C15H22FN3O. The molecule has 20 heavy (non-hydrogen) atoms. The number of carbonyl (C=O) groups is 1. The number of nitrogens with zero attached hydrogens (tertiary/aromatic N) is 1. The third-order valence-electron chi connectivity index (χ3n) is 3.46. The third-order valence-corrected chi connectivity index (χ3v) is 3.46. The number of benzene rings is 1. The van der Waals surface area contributed by atoms with Crippen LogP contribution in [0.3, 0.4) is 0 Å². The summed E-state index contributed by atoms with van der Waals surface area (Å²) in [4.78, 5) is 14.1. The average molecular weight is 279 g/mol. The Bertz CT molecular complexity index is 431. The van der Waals surface area contributed by atoms with E-state index in [1.807, 2.05) is 0 Å². The molecule has 0 spiro atoms. The first-order chi connectivity index (χ1) is 9.69. The first-order valence-corrected chi connectivity index (χ1v) is 7.19. The monoisotopic (exact) mass is 279 g/mol. The number of halogens is 1. The van der Waals surface area contributed by atoms with E-state index in [2.05, 4.69) is 22.5 Å². The van der Waals surface area contributed by atoms with Crippen LogP contribution in [0.25, 0.3) is 0 Å². The fourth-order valence-corrected chi connectivity index (χ4v) is 2.20. The zero-order chi connectivity index (χ0) is 14.4. The van der Waals surface area contributed by atoms with E-state index in [1.165, 1.54) is 25.0 Å². The highest BCUT2D eigenvalue weighted by Crippen LogP contribution is 2.25. The molecule has 1 fully saturated rings. The second kappa shape index (κ2) is 7.36. The predicted octanol–water partition coefficient (Wildman–Crippen LogP) is 1.84. The van der Waals surface area contributed by atoms with Gasteiger partial charge in [0.2, 0.25) is 5.91 Å². The molecule has 1 aromatic rings. The number of amides is 1. The van der Waals surface area contributed by atoms with Crippen LogP contribution in [0.15, 0.2) is 24.3 Å². The summed E-state index contributed by atoms with van der Waals surface area (Å²) in [6.45, 7) is 5.29. The number of anilines is 1. The maximum Gasteiger partial charge on any atom is 0.238 e. The summed E-state index contributed by atoms with van der Waals surface area (Å²) in [5.74, 6) is -0.410. The van der Waals surface area contributed by atoms with Crippen LogP contribution in [0.4, 0.5) is 10.1 Å². The third kappa shape index (κ3) is 4.90. The quantitative estimate of drug-likeness (QED) is 0.714. The van der Waals surface area contributed by atoms with Crippen molar-refractivity contribution in [3.8, 4) is 0 Å². The van der Waals surface area contributed by atoms with Crippen molar-refractivity contribution < 1.29 is 9.18 Å². The molecule has 110 valence electrons. The Morgan fingerprint density at radius 1 is 1.35 bits per heavy atom. The molecule has 0 saturated heterocycles. The van der Waals surface area contributed by atoms with Crippen LogP contribution < -0.4 is 10.6 Å². The molecule has 0 aromatic heterocycles. The first kappa shape index (κ1) is 14.9. The van der Waals surface area contributed by atoms with Crippen LogP contribution in [-0.2, 0) is 4.79 Å². The Balaban J connectivity index is 1.61. The van der Waals surface area contributed by atoms with Crippen molar-refractivity contribution in [2.75, 3.05) is 31.5 Å². The number of nitrogens with one attached hydrogen (secondary N) is 2. The van der Waals surface area contributed by atoms with Crippen molar-refractivity contribution >= 4 is 11.6 Å². The second-order valence-electron chi connectivity index (χ2n) is 5.09. The van der Waals surface area contributed by atoms with E-state index in [1.54, 1.807) is 12.1 Å². The maximum atomic E-state index is 12.7. The molecule has 1 amide bonds. The summed E-state index contributed by atoms with van der Waals surface area (Å²) in [6, 6.07) is 6.53. The lowest BCUT2D eigenvalue weighted by molar-refractivity contribution is -0.115. The molecule has 4 nitrogen and oxygen atoms in total. The van der Waals surface area contributed by atoms with Crippen LogP contribution in [0, 0.1) is 5.82 Å². The maximum absolute atomic E-state index is 12.7. The van der Waals surface area contributed by atoms with Crippen molar-refractivity contribution in [1.82, 2.24) is 10.2 Å². The Kier molecular flexibility index (Phi) is 5.49. The number of rotatable bonds is 8. The topological polar surface area (TPSA) is 44.4 Å². The van der Waals surface area contributed by atoms with Gasteiger partial charge in [0.25, 0.3) is 0 Å². The van der Waals surface area contributed by atoms with E-state index in [9.17, 15) is 9.18 Å². The second-order valence-corrected chi connectivity index (χ2v) is 5.09. The zero-order valence-electron chi connectivity index (χ0n) is 11.9. The largest absolute Gasteiger partial charge is 0.325 e. The number of likely N-dealkylation sites (N-methyl/N-ethyl adjacent to an activating group) is 1. The van der Waals surface area contributed by atoms with Crippen LogP contribution in [-0.4, -0.2) is 43.0 Å². The van der Waals surface area contributed by atoms with Gasteiger partial charge in [0, 0.05) is 24.8 Å². The van der Waals surface area contributed by atoms with Gasteiger partial charge in [-0.15, -0.1) is 0 Å². The fourth-order valence-electron chi connectivity index (χ4n) is 2.20. The van der Waals surface area contributed by atoms with Crippen molar-refractivity contribution in [2.24, 2.45) is 0 Å². The standard InChI is InChI=1S/C15H22FN3O/c1-2-19(14-7-8-14)10-9-17-11-15(20)18-13-5-3-12(16)4-6-13/h3-6,14,17H,2,7-11H2,1H3,(H,18,20). The van der Waals surface area contributed by atoms with Gasteiger partial charge in [0.15, 0.2) is 0 Å². The van der Waals surface area contributed by atoms with E-state index in [-0.39, 0.29) is 18.3 Å². The number of carbonyl (C=O) groups excluding carboxylic acids is 1. The lowest BCUT2D eigenvalue weighted by atomic mass is 10.3. The van der Waals surface area contributed by atoms with E-state index in [4.69, 9.17) is 0 Å². The molecule has 1 aliphatic rings. The van der Waals surface area contributed by atoms with Crippen molar-refractivity contribution in [3.63, 3.8) is 0 Å². The summed E-state index contributed by atoms with van der Waals surface area (Å²) in [5.41, 5.74) is 0.617. The summed E-state index contributed by atoms with van der Waals surface area (Å²) in [6.07, 6.45) is 2.61. The van der Waals surface area contributed by atoms with E-state index >= 15 is 0 Å². The van der Waals surface area contributed by atoms with Crippen molar-refractivity contribution in [2.45, 2.75) is 25.8 Å². The zero-order valence-corrected chi connectivity index (χ0v) is 11.9. The van der Waals surface area contributed by atoms with Crippen LogP contribution in [0.1, 0.15) is 19.8 Å². The molecule has 1 aromatic carbocycles. The molecule has 5 heteroatoms. The van der Waals surface area contributed by atoms with Gasteiger partial charge in [-0.1, -0.05) is 6.92 Å². The molecular weight excluding hydrogens is 257 g/mol. The Morgan fingerprint density at radius 2 is 2.05 bits per heavy atom. The van der Waals surface area contributed by atoms with Gasteiger partial charge in [0.1, 0.15) is 5.82 Å². The molecule has 2 rings (SSSR count). The lowest BCUT2D eigenvalue weighted by Crippen LogP contribution is -2.36. The summed E-state index contributed by atoms with van der Waals surface area (Å²) < 4.78 is 12.7. The molecule has 0 radical (unpaired) electrons. The minimum atomic E-state index is -0.305. The number of hydrogen-bond donors (Lipinski definition) is 2. The SMILES string of the molecule is CCN(CCNCC(=O)Nc1ccc(F)cc1)C1CC1. The molecule has 0 atom stereocenters. The molecule has 0 aliphatic heterocycles. The molecule has 0 heterocycles. The Morgan fingerprint density at radius 3 is 2.65 bits per heavy atom. The highest BCUT2D eigenvalue weighted by Gasteiger charge is 2.26. The normalized spacial score (nSPS) is 14.6. The van der Waals surface area contributed by atoms with Crippen molar-refractivity contribution in [3.05, 3.63) is 30.1 Å². The molecule has 0 unspecified atom stereocenters. The predicted molar refractivity (Wildman–Crippen MR) is 78.2 cm³/mol. The van der Waals surface area contributed by atoms with E-state index < -0.39 is 0 Å². The summed E-state index contributed by atoms with van der Waals surface area (Å²) in [7, 11) is 0. The van der Waals surface area contributed by atoms with Crippen LogP contribution >= 0.6 is 0 Å². The Labute approximate surface area is 119 Å².